The fraction of sp³-hybridized carbons (Fsp3) is 1.00. The van der Waals surface area contributed by atoms with E-state index in [-0.39, 0.29) is 0 Å². The zero-order chi connectivity index (χ0) is 26.7. The van der Waals surface area contributed by atoms with Crippen molar-refractivity contribution in [1.82, 2.24) is 0 Å². The molecule has 3 saturated heterocycles. The molecule has 3 aliphatic heterocycles. The average Bonchev–Trinajstić information content (AvgIpc) is 3.08. The molecule has 17 heteroatoms. The molecule has 13 N–H and O–H groups in total. The van der Waals surface area contributed by atoms with Crippen LogP contribution in [0.4, 0.5) is 0 Å². The van der Waals surface area contributed by atoms with Gasteiger partial charge in [-0.15, -0.1) is 0 Å². The second kappa shape index (κ2) is 12.7. The van der Waals surface area contributed by atoms with E-state index in [0.717, 1.165) is 0 Å². The largest absolute Gasteiger partial charge is 0.394 e. The van der Waals surface area contributed by atoms with Gasteiger partial charge in [0.25, 0.3) is 0 Å². The van der Waals surface area contributed by atoms with Crippen molar-refractivity contribution in [2.75, 3.05) is 26.4 Å². The maximum absolute atomic E-state index is 9.94. The number of aliphatic hydroxyl groups excluding tert-OH is 12. The molecule has 0 radical (unpaired) electrons. The minimum atomic E-state index is -2.16. The fourth-order valence-corrected chi connectivity index (χ4v) is 3.72. The number of hydrogen-bond acceptors (Lipinski definition) is 17. The van der Waals surface area contributed by atoms with Crippen LogP contribution in [-0.4, -0.2) is 178 Å². The smallest absolute Gasteiger partial charge is 0.219 e. The van der Waals surface area contributed by atoms with Crippen molar-refractivity contribution >= 4 is 0 Å². The molecule has 0 aromatic rings. The molecule has 35 heavy (non-hydrogen) atoms. The molecule has 0 amide bonds. The highest BCUT2D eigenvalue weighted by molar-refractivity contribution is 4.95. The third-order valence-electron chi connectivity index (χ3n) is 5.91. The van der Waals surface area contributed by atoms with Gasteiger partial charge in [-0.3, -0.25) is 0 Å². The van der Waals surface area contributed by atoms with E-state index in [1.807, 2.05) is 0 Å². The predicted molar refractivity (Wildman–Crippen MR) is 105 cm³/mol. The molecule has 0 aliphatic carbocycles. The Kier molecular flexibility index (Phi) is 11.1. The first-order valence-corrected chi connectivity index (χ1v) is 10.6. The van der Waals surface area contributed by atoms with E-state index in [1.165, 1.54) is 0 Å². The second-order valence-electron chi connectivity index (χ2n) is 8.30. The zero-order valence-electron chi connectivity index (χ0n) is 18.3. The van der Waals surface area contributed by atoms with Crippen LogP contribution in [0.3, 0.4) is 0 Å². The summed E-state index contributed by atoms with van der Waals surface area (Å²) in [4.78, 5) is 0. The Labute approximate surface area is 198 Å². The first-order valence-electron chi connectivity index (χ1n) is 10.6. The molecular formula is C18H34O17. The van der Waals surface area contributed by atoms with Crippen molar-refractivity contribution in [3.63, 3.8) is 0 Å². The van der Waals surface area contributed by atoms with Gasteiger partial charge in [-0.1, -0.05) is 0 Å². The van der Waals surface area contributed by atoms with Gasteiger partial charge in [0, 0.05) is 0 Å². The molecule has 3 rings (SSSR count). The number of ether oxygens (including phenoxy) is 4. The van der Waals surface area contributed by atoms with Crippen LogP contribution in [0.25, 0.3) is 0 Å². The van der Waals surface area contributed by atoms with E-state index in [4.69, 9.17) is 39.7 Å². The summed E-state index contributed by atoms with van der Waals surface area (Å²) in [5.74, 6) is -2.16. The van der Waals surface area contributed by atoms with Crippen LogP contribution in [0.15, 0.2) is 0 Å². The molecule has 3 fully saturated rings. The summed E-state index contributed by atoms with van der Waals surface area (Å²) in [7, 11) is 0. The van der Waals surface area contributed by atoms with Crippen molar-refractivity contribution in [1.29, 1.82) is 0 Å². The van der Waals surface area contributed by atoms with Crippen LogP contribution < -0.4 is 0 Å². The van der Waals surface area contributed by atoms with E-state index < -0.39 is 112 Å². The third kappa shape index (κ3) is 6.43. The number of aliphatic hydroxyl groups is 13. The fourth-order valence-electron chi connectivity index (χ4n) is 3.72. The number of hydrogen-bond donors (Lipinski definition) is 13. The van der Waals surface area contributed by atoms with Crippen molar-refractivity contribution in [2.45, 2.75) is 85.5 Å². The normalized spacial score (nSPS) is 50.5. The molecule has 3 aliphatic rings. The summed E-state index contributed by atoms with van der Waals surface area (Å²) < 4.78 is 19.9. The standard InChI is InChI=1S/C12H22O11.C6H12O6/c13-1-3-5(15)6(16)9(19)12(22-3)23-10-4(2-14)21-11(20)8(18)7(10)17;7-1-3-4(9)5(10)6(11,2-8)12-3/h3-20H,1-2H2;3-5,7-11H,1-2H2/t3-,4-,5-,6+,7-,8-,9-,10-,11-,12+;3-,4-,5+,6-/m11/s1. The van der Waals surface area contributed by atoms with Gasteiger partial charge in [-0.2, -0.15) is 0 Å². The van der Waals surface area contributed by atoms with Gasteiger partial charge in [0.1, 0.15) is 67.1 Å². The lowest BCUT2D eigenvalue weighted by Gasteiger charge is -2.45. The molecule has 0 aromatic carbocycles. The predicted octanol–water partition coefficient (Wildman–Crippen LogP) is -8.62. The number of rotatable bonds is 6. The maximum Gasteiger partial charge on any atom is 0.219 e. The molecular weight excluding hydrogens is 488 g/mol. The highest BCUT2D eigenvalue weighted by Gasteiger charge is 2.53. The average molecular weight is 522 g/mol. The lowest BCUT2D eigenvalue weighted by Crippen LogP contribution is -2.64. The van der Waals surface area contributed by atoms with E-state index in [2.05, 4.69) is 4.74 Å². The van der Waals surface area contributed by atoms with Crippen LogP contribution in [0.5, 0.6) is 0 Å². The lowest BCUT2D eigenvalue weighted by molar-refractivity contribution is -0.355. The molecule has 0 bridgehead atoms. The first-order chi connectivity index (χ1) is 16.4. The lowest BCUT2D eigenvalue weighted by atomic mass is 9.97. The quantitative estimate of drug-likeness (QED) is 0.154. The van der Waals surface area contributed by atoms with Gasteiger partial charge in [0.15, 0.2) is 12.6 Å². The van der Waals surface area contributed by atoms with Gasteiger partial charge >= 0.3 is 0 Å². The molecule has 0 aromatic heterocycles. The van der Waals surface area contributed by atoms with Crippen molar-refractivity contribution < 1.29 is 85.3 Å². The van der Waals surface area contributed by atoms with Crippen molar-refractivity contribution in [3.8, 4) is 0 Å². The van der Waals surface area contributed by atoms with Crippen molar-refractivity contribution in [3.05, 3.63) is 0 Å². The molecule has 0 saturated carbocycles. The summed E-state index contributed by atoms with van der Waals surface area (Å²) in [6.45, 7) is -2.70. The Morgan fingerprint density at radius 3 is 1.63 bits per heavy atom. The van der Waals surface area contributed by atoms with Crippen LogP contribution in [0.2, 0.25) is 0 Å². The van der Waals surface area contributed by atoms with E-state index in [9.17, 15) is 40.9 Å². The Morgan fingerprint density at radius 1 is 0.600 bits per heavy atom. The van der Waals surface area contributed by atoms with Gasteiger partial charge in [0.2, 0.25) is 5.79 Å². The molecule has 3 heterocycles. The van der Waals surface area contributed by atoms with Gasteiger partial charge in [-0.05, 0) is 0 Å². The Morgan fingerprint density at radius 2 is 1.17 bits per heavy atom. The minimum absolute atomic E-state index is 0.527. The Hall–Kier alpha value is -0.680. The molecule has 17 nitrogen and oxygen atoms in total. The Bertz CT molecular complexity index is 638. The molecule has 208 valence electrons. The summed E-state index contributed by atoms with van der Waals surface area (Å²) in [5, 5.41) is 121. The highest BCUT2D eigenvalue weighted by atomic mass is 16.7. The highest BCUT2D eigenvalue weighted by Crippen LogP contribution is 2.29. The minimum Gasteiger partial charge on any atom is -0.394 e. The van der Waals surface area contributed by atoms with E-state index in [1.54, 1.807) is 0 Å². The molecule has 0 unspecified atom stereocenters. The monoisotopic (exact) mass is 522 g/mol. The van der Waals surface area contributed by atoms with Crippen LogP contribution >= 0.6 is 0 Å². The second-order valence-corrected chi connectivity index (χ2v) is 8.30. The Balaban J connectivity index is 0.000000303. The maximum atomic E-state index is 9.94. The topological polar surface area (TPSA) is 300 Å². The van der Waals surface area contributed by atoms with Gasteiger partial charge < -0.3 is 85.3 Å². The van der Waals surface area contributed by atoms with Gasteiger partial charge in [-0.25, -0.2) is 0 Å². The third-order valence-corrected chi connectivity index (χ3v) is 5.91. The van der Waals surface area contributed by atoms with E-state index >= 15 is 0 Å². The SMILES string of the molecule is OC[C@H]1O[C@@H](O[C@H]2[C@H](O)[C@@H](O)[C@H](O)O[C@@H]2CO)[C@H](O)[C@@H](O)[C@@H]1O.OC[C@H]1O[C@](O)(CO)[C@@H](O)[C@@H]1O. The van der Waals surface area contributed by atoms with E-state index in [0.29, 0.717) is 0 Å². The first kappa shape index (κ1) is 30.5. The summed E-state index contributed by atoms with van der Waals surface area (Å²) >= 11 is 0. The van der Waals surface area contributed by atoms with Crippen molar-refractivity contribution in [2.24, 2.45) is 0 Å². The summed E-state index contributed by atoms with van der Waals surface area (Å²) in [6.07, 6.45) is -19.6. The van der Waals surface area contributed by atoms with Crippen LogP contribution in [0.1, 0.15) is 0 Å². The molecule has 0 spiro atoms. The summed E-state index contributed by atoms with van der Waals surface area (Å²) in [6, 6.07) is 0. The molecule has 14 atom stereocenters. The van der Waals surface area contributed by atoms with Gasteiger partial charge in [0.05, 0.1) is 26.4 Å². The van der Waals surface area contributed by atoms with Crippen LogP contribution in [0, 0.1) is 0 Å². The van der Waals surface area contributed by atoms with Crippen LogP contribution in [-0.2, 0) is 18.9 Å². The summed E-state index contributed by atoms with van der Waals surface area (Å²) in [5.41, 5.74) is 0. The zero-order valence-corrected chi connectivity index (χ0v) is 18.3.